The molecule has 0 aromatic heterocycles. The average molecular weight is 568 g/mol. The van der Waals surface area contributed by atoms with Gasteiger partial charge >= 0.3 is 6.18 Å². The Morgan fingerprint density at radius 1 is 0.974 bits per heavy atom. The summed E-state index contributed by atoms with van der Waals surface area (Å²) >= 11 is 5.94. The van der Waals surface area contributed by atoms with Gasteiger partial charge in [-0.25, -0.2) is 8.42 Å². The van der Waals surface area contributed by atoms with Crippen LogP contribution in [0, 0.1) is 0 Å². The number of carbonyl (C=O) groups excluding carboxylic acids is 2. The summed E-state index contributed by atoms with van der Waals surface area (Å²) in [7, 11) is -3.09. The van der Waals surface area contributed by atoms with Gasteiger partial charge in [-0.2, -0.15) is 13.2 Å². The van der Waals surface area contributed by atoms with E-state index in [1.54, 1.807) is 30.3 Å². The van der Waals surface area contributed by atoms with Crippen molar-refractivity contribution in [2.45, 2.75) is 30.6 Å². The van der Waals surface area contributed by atoms with E-state index < -0.39 is 46.2 Å². The van der Waals surface area contributed by atoms with E-state index in [0.717, 1.165) is 17.0 Å². The monoisotopic (exact) mass is 567 g/mol. The van der Waals surface area contributed by atoms with Gasteiger partial charge in [0.1, 0.15) is 12.6 Å². The first-order chi connectivity index (χ1) is 17.8. The SMILES string of the molecule is CNC(=O)[C@H](C)N(Cc1ccc(Cl)cc1)C(=O)CN(c1cccc(C(F)(F)F)c1)S(=O)(=O)c1ccccc1. The highest BCUT2D eigenvalue weighted by atomic mass is 35.5. The molecule has 0 saturated carbocycles. The van der Waals surface area contributed by atoms with Gasteiger partial charge in [0.25, 0.3) is 10.0 Å². The van der Waals surface area contributed by atoms with Gasteiger partial charge < -0.3 is 10.2 Å². The zero-order valence-corrected chi connectivity index (χ0v) is 22.0. The molecule has 3 aromatic carbocycles. The van der Waals surface area contributed by atoms with Crippen molar-refractivity contribution < 1.29 is 31.2 Å². The maximum Gasteiger partial charge on any atom is 0.416 e. The average Bonchev–Trinajstić information content (AvgIpc) is 2.90. The van der Waals surface area contributed by atoms with Crippen LogP contribution in [0.5, 0.6) is 0 Å². The number of alkyl halides is 3. The summed E-state index contributed by atoms with van der Waals surface area (Å²) in [5.41, 5.74) is -0.821. The molecular formula is C26H25ClF3N3O4S. The molecule has 0 fully saturated rings. The molecule has 2 amide bonds. The number of benzene rings is 3. The molecule has 12 heteroatoms. The first-order valence-corrected chi connectivity index (χ1v) is 13.2. The molecule has 0 aliphatic rings. The molecule has 0 aliphatic carbocycles. The number of likely N-dealkylation sites (N-methyl/N-ethyl adjacent to an activating group) is 1. The van der Waals surface area contributed by atoms with Crippen molar-refractivity contribution in [2.24, 2.45) is 0 Å². The Kier molecular flexibility index (Phi) is 9.05. The topological polar surface area (TPSA) is 86.8 Å². The number of rotatable bonds is 9. The summed E-state index contributed by atoms with van der Waals surface area (Å²) in [5.74, 6) is -1.31. The van der Waals surface area contributed by atoms with Crippen molar-refractivity contribution in [3.05, 3.63) is 95.0 Å². The predicted octanol–water partition coefficient (Wildman–Crippen LogP) is 4.72. The highest BCUT2D eigenvalue weighted by Gasteiger charge is 2.35. The van der Waals surface area contributed by atoms with Gasteiger partial charge in [0, 0.05) is 18.6 Å². The molecule has 0 radical (unpaired) electrons. The number of carbonyl (C=O) groups is 2. The smallest absolute Gasteiger partial charge is 0.357 e. The Morgan fingerprint density at radius 2 is 1.61 bits per heavy atom. The molecule has 0 unspecified atom stereocenters. The van der Waals surface area contributed by atoms with E-state index in [9.17, 15) is 31.2 Å². The number of anilines is 1. The van der Waals surface area contributed by atoms with Crippen LogP contribution in [0.1, 0.15) is 18.1 Å². The quantitative estimate of drug-likeness (QED) is 0.405. The maximum absolute atomic E-state index is 13.6. The van der Waals surface area contributed by atoms with E-state index in [2.05, 4.69) is 5.32 Å². The second kappa shape index (κ2) is 11.9. The molecule has 1 N–H and O–H groups in total. The summed E-state index contributed by atoms with van der Waals surface area (Å²) in [4.78, 5) is 27.0. The third-order valence-corrected chi connectivity index (χ3v) is 7.79. The van der Waals surface area contributed by atoms with E-state index in [-0.39, 0.29) is 17.1 Å². The van der Waals surface area contributed by atoms with Crippen LogP contribution in [0.15, 0.2) is 83.8 Å². The Balaban J connectivity index is 2.07. The van der Waals surface area contributed by atoms with Crippen molar-refractivity contribution in [1.29, 1.82) is 0 Å². The standard InChI is InChI=1S/C26H25ClF3N3O4S/c1-18(25(35)31-2)32(16-19-11-13-21(27)14-12-19)24(34)17-33(38(36,37)23-9-4-3-5-10-23)22-8-6-7-20(15-22)26(28,29)30/h3-15,18H,16-17H2,1-2H3,(H,31,35)/t18-/m0/s1. The number of sulfonamides is 1. The van der Waals surface area contributed by atoms with Gasteiger partial charge in [-0.1, -0.05) is 48.0 Å². The van der Waals surface area contributed by atoms with Gasteiger partial charge in [0.15, 0.2) is 0 Å². The lowest BCUT2D eigenvalue weighted by atomic mass is 10.1. The lowest BCUT2D eigenvalue weighted by Gasteiger charge is -2.32. The zero-order chi connectivity index (χ0) is 28.1. The largest absolute Gasteiger partial charge is 0.416 e. The van der Waals surface area contributed by atoms with E-state index in [0.29, 0.717) is 21.0 Å². The number of hydrogen-bond donors (Lipinski definition) is 1. The van der Waals surface area contributed by atoms with E-state index >= 15 is 0 Å². The Labute approximate surface area is 223 Å². The number of amides is 2. The number of nitrogens with zero attached hydrogens (tertiary/aromatic N) is 2. The summed E-state index contributed by atoms with van der Waals surface area (Å²) in [6.45, 7) is 0.535. The number of halogens is 4. The Hall–Kier alpha value is -3.57. The normalized spacial score (nSPS) is 12.5. The highest BCUT2D eigenvalue weighted by Crippen LogP contribution is 2.33. The highest BCUT2D eigenvalue weighted by molar-refractivity contribution is 7.92. The van der Waals surface area contributed by atoms with Crippen molar-refractivity contribution in [1.82, 2.24) is 10.2 Å². The fraction of sp³-hybridized carbons (Fsp3) is 0.231. The van der Waals surface area contributed by atoms with Crippen molar-refractivity contribution in [3.63, 3.8) is 0 Å². The van der Waals surface area contributed by atoms with Crippen LogP contribution in [-0.4, -0.2) is 44.8 Å². The van der Waals surface area contributed by atoms with Gasteiger partial charge in [-0.15, -0.1) is 0 Å². The molecule has 202 valence electrons. The molecule has 7 nitrogen and oxygen atoms in total. The van der Waals surface area contributed by atoms with Gasteiger partial charge in [-0.3, -0.25) is 13.9 Å². The van der Waals surface area contributed by atoms with Crippen LogP contribution < -0.4 is 9.62 Å². The van der Waals surface area contributed by atoms with Gasteiger partial charge in [0.05, 0.1) is 16.1 Å². The van der Waals surface area contributed by atoms with Gasteiger partial charge in [-0.05, 0) is 55.0 Å². The van der Waals surface area contributed by atoms with Crippen LogP contribution in [-0.2, 0) is 32.3 Å². The molecule has 3 aromatic rings. The molecule has 0 saturated heterocycles. The lowest BCUT2D eigenvalue weighted by Crippen LogP contribution is -2.50. The van der Waals surface area contributed by atoms with Crippen LogP contribution >= 0.6 is 11.6 Å². The Bertz CT molecular complexity index is 1380. The summed E-state index contributed by atoms with van der Waals surface area (Å²) in [6.07, 6.45) is -4.74. The van der Waals surface area contributed by atoms with Crippen LogP contribution in [0.3, 0.4) is 0 Å². The fourth-order valence-corrected chi connectivity index (χ4v) is 5.22. The number of nitrogens with one attached hydrogen (secondary N) is 1. The molecule has 1 atom stereocenters. The molecular weight excluding hydrogens is 543 g/mol. The molecule has 0 aliphatic heterocycles. The van der Waals surface area contributed by atoms with Crippen LogP contribution in [0.4, 0.5) is 18.9 Å². The molecule has 38 heavy (non-hydrogen) atoms. The summed E-state index contributed by atoms with van der Waals surface area (Å²) in [5, 5.41) is 2.90. The molecule has 0 spiro atoms. The molecule has 0 bridgehead atoms. The summed E-state index contributed by atoms with van der Waals surface area (Å²) < 4.78 is 68.1. The third-order valence-electron chi connectivity index (χ3n) is 5.75. The van der Waals surface area contributed by atoms with Crippen molar-refractivity contribution >= 4 is 39.1 Å². The third kappa shape index (κ3) is 6.84. The van der Waals surface area contributed by atoms with Gasteiger partial charge in [0.2, 0.25) is 11.8 Å². The van der Waals surface area contributed by atoms with E-state index in [1.165, 1.54) is 44.3 Å². The second-order valence-corrected chi connectivity index (χ2v) is 10.6. The molecule has 0 heterocycles. The predicted molar refractivity (Wildman–Crippen MR) is 138 cm³/mol. The molecule has 3 rings (SSSR count). The maximum atomic E-state index is 13.6. The van der Waals surface area contributed by atoms with Crippen molar-refractivity contribution in [2.75, 3.05) is 17.9 Å². The van der Waals surface area contributed by atoms with E-state index in [1.807, 2.05) is 0 Å². The van der Waals surface area contributed by atoms with Crippen molar-refractivity contribution in [3.8, 4) is 0 Å². The minimum absolute atomic E-state index is 0.0770. The summed E-state index contributed by atoms with van der Waals surface area (Å²) in [6, 6.07) is 16.2. The first-order valence-electron chi connectivity index (χ1n) is 11.3. The number of hydrogen-bond acceptors (Lipinski definition) is 4. The minimum atomic E-state index is -4.74. The van der Waals surface area contributed by atoms with Crippen LogP contribution in [0.25, 0.3) is 0 Å². The second-order valence-electron chi connectivity index (χ2n) is 8.31. The van der Waals surface area contributed by atoms with E-state index in [4.69, 9.17) is 11.6 Å². The lowest BCUT2D eigenvalue weighted by molar-refractivity contribution is -0.139. The fourth-order valence-electron chi connectivity index (χ4n) is 3.66. The zero-order valence-electron chi connectivity index (χ0n) is 20.4. The first kappa shape index (κ1) is 29.0. The van der Waals surface area contributed by atoms with Crippen LogP contribution in [0.2, 0.25) is 5.02 Å². The minimum Gasteiger partial charge on any atom is -0.357 e. The Morgan fingerprint density at radius 3 is 2.18 bits per heavy atom.